The number of carbonyl (C=O) groups excluding carboxylic acids is 1. The molecule has 2 rings (SSSR count). The summed E-state index contributed by atoms with van der Waals surface area (Å²) in [6, 6.07) is 8.08. The molecule has 0 N–H and O–H groups in total. The van der Waals surface area contributed by atoms with E-state index in [2.05, 4.69) is 0 Å². The average Bonchev–Trinajstić information content (AvgIpc) is 2.44. The predicted octanol–water partition coefficient (Wildman–Crippen LogP) is 2.15. The van der Waals surface area contributed by atoms with Crippen LogP contribution in [0.25, 0.3) is 0 Å². The first-order chi connectivity index (χ1) is 9.84. The fraction of sp³-hybridized carbons (Fsp3) is 0.429. The van der Waals surface area contributed by atoms with Crippen LogP contribution >= 0.6 is 0 Å². The van der Waals surface area contributed by atoms with Gasteiger partial charge in [0.05, 0.1) is 12.0 Å². The summed E-state index contributed by atoms with van der Waals surface area (Å²) in [5.41, 5.74) is 0.557. The Hall–Kier alpha value is -2.23. The van der Waals surface area contributed by atoms with Gasteiger partial charge in [0.2, 0.25) is 12.0 Å². The minimum atomic E-state index is -4.65. The highest BCUT2D eigenvalue weighted by atomic mass is 19.4. The lowest BCUT2D eigenvalue weighted by Gasteiger charge is -2.35. The number of hydrogen-bond donors (Lipinski definition) is 0. The lowest BCUT2D eigenvalue weighted by atomic mass is 9.89. The van der Waals surface area contributed by atoms with Crippen molar-refractivity contribution >= 4 is 5.91 Å². The summed E-state index contributed by atoms with van der Waals surface area (Å²) in [4.78, 5) is 13.1. The van der Waals surface area contributed by atoms with E-state index < -0.39 is 24.1 Å². The molecule has 1 aliphatic rings. The molecule has 7 heteroatoms. The molecule has 1 aromatic carbocycles. The summed E-state index contributed by atoms with van der Waals surface area (Å²) in [7, 11) is 1.31. The second-order valence-corrected chi connectivity index (χ2v) is 4.85. The van der Waals surface area contributed by atoms with Crippen molar-refractivity contribution < 1.29 is 22.7 Å². The molecule has 2 atom stereocenters. The number of para-hydroxylation sites is 1. The minimum absolute atomic E-state index is 0.0606. The Kier molecular flexibility index (Phi) is 4.07. The maximum atomic E-state index is 13.1. The van der Waals surface area contributed by atoms with E-state index in [0.717, 1.165) is 4.90 Å². The average molecular weight is 298 g/mol. The first kappa shape index (κ1) is 15.2. The van der Waals surface area contributed by atoms with Crippen molar-refractivity contribution in [1.29, 1.82) is 5.26 Å². The molecule has 0 saturated heterocycles. The van der Waals surface area contributed by atoms with E-state index in [9.17, 15) is 18.0 Å². The molecule has 0 saturated carbocycles. The third kappa shape index (κ3) is 3.10. The molecule has 0 fully saturated rings. The third-order valence-electron chi connectivity index (χ3n) is 3.36. The zero-order valence-electron chi connectivity index (χ0n) is 11.2. The van der Waals surface area contributed by atoms with E-state index in [0.29, 0.717) is 5.56 Å². The third-order valence-corrected chi connectivity index (χ3v) is 3.36. The van der Waals surface area contributed by atoms with Crippen LogP contribution in [0.5, 0.6) is 5.75 Å². The summed E-state index contributed by atoms with van der Waals surface area (Å²) < 4.78 is 44.4. The molecule has 21 heavy (non-hydrogen) atoms. The minimum Gasteiger partial charge on any atom is -0.480 e. The molecule has 1 heterocycles. The van der Waals surface area contributed by atoms with Crippen LogP contribution in [-0.4, -0.2) is 36.7 Å². The van der Waals surface area contributed by atoms with Gasteiger partial charge in [0.1, 0.15) is 12.3 Å². The summed E-state index contributed by atoms with van der Waals surface area (Å²) >= 11 is 0. The van der Waals surface area contributed by atoms with Gasteiger partial charge in [-0.15, -0.1) is 0 Å². The molecule has 1 aliphatic heterocycles. The second-order valence-electron chi connectivity index (χ2n) is 4.85. The van der Waals surface area contributed by atoms with E-state index >= 15 is 0 Å². The van der Waals surface area contributed by atoms with Gasteiger partial charge >= 0.3 is 6.18 Å². The number of alkyl halides is 3. The molecule has 112 valence electrons. The van der Waals surface area contributed by atoms with E-state index in [-0.39, 0.29) is 18.7 Å². The Labute approximate surface area is 119 Å². The summed E-state index contributed by atoms with van der Waals surface area (Å²) in [5.74, 6) is -1.97. The number of hydrogen-bond acceptors (Lipinski definition) is 3. The number of amides is 1. The maximum absolute atomic E-state index is 13.1. The smallest absolute Gasteiger partial charge is 0.426 e. The van der Waals surface area contributed by atoms with Crippen LogP contribution < -0.4 is 4.74 Å². The van der Waals surface area contributed by atoms with Gasteiger partial charge in [0.25, 0.3) is 0 Å². The Morgan fingerprint density at radius 2 is 2.14 bits per heavy atom. The van der Waals surface area contributed by atoms with Crippen LogP contribution in [0.1, 0.15) is 5.56 Å². The molecule has 0 bridgehead atoms. The van der Waals surface area contributed by atoms with Crippen LogP contribution in [0, 0.1) is 17.2 Å². The number of ether oxygens (including phenoxy) is 1. The van der Waals surface area contributed by atoms with Crippen molar-refractivity contribution in [3.63, 3.8) is 0 Å². The Morgan fingerprint density at radius 3 is 2.76 bits per heavy atom. The Balaban J connectivity index is 2.33. The first-order valence-electron chi connectivity index (χ1n) is 6.27. The molecule has 4 nitrogen and oxygen atoms in total. The van der Waals surface area contributed by atoms with E-state index in [4.69, 9.17) is 10.00 Å². The number of halogens is 3. The van der Waals surface area contributed by atoms with Gasteiger partial charge in [0, 0.05) is 7.05 Å². The monoisotopic (exact) mass is 298 g/mol. The molecule has 0 unspecified atom stereocenters. The molecular formula is C14H13F3N2O2. The number of nitriles is 1. The fourth-order valence-corrected chi connectivity index (χ4v) is 2.33. The lowest BCUT2D eigenvalue weighted by Crippen LogP contribution is -2.51. The Bertz CT molecular complexity index is 580. The van der Waals surface area contributed by atoms with Gasteiger partial charge in [-0.05, 0) is 18.1 Å². The van der Waals surface area contributed by atoms with Crippen molar-refractivity contribution in [3.8, 4) is 11.8 Å². The van der Waals surface area contributed by atoms with Crippen molar-refractivity contribution in [2.45, 2.75) is 18.7 Å². The Morgan fingerprint density at radius 1 is 1.48 bits per heavy atom. The van der Waals surface area contributed by atoms with Crippen molar-refractivity contribution in [2.24, 2.45) is 5.92 Å². The topological polar surface area (TPSA) is 53.3 Å². The van der Waals surface area contributed by atoms with E-state index in [1.54, 1.807) is 24.3 Å². The van der Waals surface area contributed by atoms with Gasteiger partial charge in [-0.3, -0.25) is 4.79 Å². The van der Waals surface area contributed by atoms with Crippen molar-refractivity contribution in [1.82, 2.24) is 4.90 Å². The molecule has 1 aromatic rings. The molecule has 0 radical (unpaired) electrons. The van der Waals surface area contributed by atoms with Gasteiger partial charge in [0.15, 0.2) is 0 Å². The highest BCUT2D eigenvalue weighted by molar-refractivity contribution is 5.80. The molecule has 1 amide bonds. The van der Waals surface area contributed by atoms with Crippen molar-refractivity contribution in [3.05, 3.63) is 29.8 Å². The van der Waals surface area contributed by atoms with Gasteiger partial charge in [-0.25, -0.2) is 0 Å². The SMILES string of the molecule is CN(CC#N)C(=O)[C@@H]1Cc2ccccc2O[C@H]1C(F)(F)F. The van der Waals surface area contributed by atoms with E-state index in [1.807, 2.05) is 0 Å². The maximum Gasteiger partial charge on any atom is 0.426 e. The highest BCUT2D eigenvalue weighted by Crippen LogP contribution is 2.38. The fourth-order valence-electron chi connectivity index (χ4n) is 2.33. The zero-order chi connectivity index (χ0) is 15.6. The number of rotatable bonds is 2. The summed E-state index contributed by atoms with van der Waals surface area (Å²) in [5, 5.41) is 8.57. The van der Waals surface area contributed by atoms with Gasteiger partial charge in [-0.2, -0.15) is 18.4 Å². The number of carbonyl (C=O) groups is 1. The molecule has 0 aromatic heterocycles. The van der Waals surface area contributed by atoms with Crippen LogP contribution in [0.3, 0.4) is 0 Å². The van der Waals surface area contributed by atoms with Crippen LogP contribution in [0.4, 0.5) is 13.2 Å². The standard InChI is InChI=1S/C14H13F3N2O2/c1-19(7-6-18)13(20)10-8-9-4-2-3-5-11(9)21-12(10)14(15,16)17/h2-5,10,12H,7-8H2,1H3/t10-,12-/m1/s1. The summed E-state index contributed by atoms with van der Waals surface area (Å²) in [6.45, 7) is -0.262. The van der Waals surface area contributed by atoms with Crippen molar-refractivity contribution in [2.75, 3.05) is 13.6 Å². The number of nitrogens with zero attached hydrogens (tertiary/aromatic N) is 2. The number of fused-ring (bicyclic) bond motifs is 1. The first-order valence-corrected chi connectivity index (χ1v) is 6.27. The second kappa shape index (κ2) is 5.64. The molecular weight excluding hydrogens is 285 g/mol. The van der Waals surface area contributed by atoms with Crippen LogP contribution in [0.2, 0.25) is 0 Å². The van der Waals surface area contributed by atoms with Crippen LogP contribution in [0.15, 0.2) is 24.3 Å². The molecule has 0 spiro atoms. The largest absolute Gasteiger partial charge is 0.480 e. The lowest BCUT2D eigenvalue weighted by molar-refractivity contribution is -0.215. The predicted molar refractivity (Wildman–Crippen MR) is 67.4 cm³/mol. The molecule has 0 aliphatic carbocycles. The normalized spacial score (nSPS) is 20.9. The van der Waals surface area contributed by atoms with Gasteiger partial charge < -0.3 is 9.64 Å². The van der Waals surface area contributed by atoms with E-state index in [1.165, 1.54) is 13.1 Å². The highest BCUT2D eigenvalue weighted by Gasteiger charge is 2.52. The zero-order valence-corrected chi connectivity index (χ0v) is 11.2. The van der Waals surface area contributed by atoms with Crippen LogP contribution in [-0.2, 0) is 11.2 Å². The van der Waals surface area contributed by atoms with Gasteiger partial charge in [-0.1, -0.05) is 18.2 Å². The number of benzene rings is 1. The quantitative estimate of drug-likeness (QED) is 0.786. The summed E-state index contributed by atoms with van der Waals surface area (Å²) in [6.07, 6.45) is -6.91.